The van der Waals surface area contributed by atoms with Gasteiger partial charge in [-0.05, 0) is 49.1 Å². The Kier molecular flexibility index (Phi) is 6.28. The summed E-state index contributed by atoms with van der Waals surface area (Å²) in [6, 6.07) is 18.4. The highest BCUT2D eigenvalue weighted by Gasteiger charge is 2.28. The molecule has 3 aromatic rings. The lowest BCUT2D eigenvalue weighted by molar-refractivity contribution is -0.126. The summed E-state index contributed by atoms with van der Waals surface area (Å²) in [5.41, 5.74) is 3.28. The summed E-state index contributed by atoms with van der Waals surface area (Å²) in [5, 5.41) is 4.40. The van der Waals surface area contributed by atoms with Crippen molar-refractivity contribution in [2.45, 2.75) is 32.4 Å². The first-order chi connectivity index (χ1) is 14.7. The molecule has 154 valence electrons. The highest BCUT2D eigenvalue weighted by atomic mass is 16.5. The summed E-state index contributed by atoms with van der Waals surface area (Å²) in [5.74, 6) is 0.909. The van der Waals surface area contributed by atoms with Crippen LogP contribution in [0, 0.1) is 0 Å². The minimum Gasteiger partial charge on any atom is -0.494 e. The second kappa shape index (κ2) is 9.44. The maximum Gasteiger partial charge on any atom is 0.247 e. The molecule has 0 bridgehead atoms. The van der Waals surface area contributed by atoms with Gasteiger partial charge in [-0.3, -0.25) is 9.48 Å². The molecule has 0 spiro atoms. The van der Waals surface area contributed by atoms with Crippen LogP contribution in [0.4, 0.5) is 0 Å². The molecule has 1 amide bonds. The van der Waals surface area contributed by atoms with E-state index in [0.717, 1.165) is 36.3 Å². The first-order valence-electron chi connectivity index (χ1n) is 10.5. The molecule has 5 heteroatoms. The summed E-state index contributed by atoms with van der Waals surface area (Å²) >= 11 is 0. The molecule has 0 saturated carbocycles. The zero-order valence-corrected chi connectivity index (χ0v) is 17.3. The van der Waals surface area contributed by atoms with Crippen LogP contribution in [0.1, 0.15) is 42.5 Å². The number of amides is 1. The van der Waals surface area contributed by atoms with Gasteiger partial charge in [-0.2, -0.15) is 5.10 Å². The monoisotopic (exact) mass is 401 g/mol. The van der Waals surface area contributed by atoms with Crippen molar-refractivity contribution in [3.8, 4) is 5.75 Å². The Bertz CT molecular complexity index is 993. The molecule has 1 aliphatic heterocycles. The lowest BCUT2D eigenvalue weighted by Gasteiger charge is -2.24. The minimum atomic E-state index is 0.0437. The van der Waals surface area contributed by atoms with Crippen molar-refractivity contribution >= 4 is 12.0 Å². The van der Waals surface area contributed by atoms with E-state index in [0.29, 0.717) is 13.2 Å². The zero-order valence-electron chi connectivity index (χ0n) is 17.3. The molecule has 1 atom stereocenters. The third kappa shape index (κ3) is 4.79. The van der Waals surface area contributed by atoms with Gasteiger partial charge < -0.3 is 9.64 Å². The van der Waals surface area contributed by atoms with Gasteiger partial charge in [-0.1, -0.05) is 42.5 Å². The molecule has 1 fully saturated rings. The second-order valence-electron chi connectivity index (χ2n) is 7.48. The molecule has 1 saturated heterocycles. The first kappa shape index (κ1) is 20.0. The fraction of sp³-hybridized carbons (Fsp3) is 0.280. The van der Waals surface area contributed by atoms with Crippen molar-refractivity contribution in [2.24, 2.45) is 0 Å². The van der Waals surface area contributed by atoms with E-state index in [-0.39, 0.29) is 11.9 Å². The van der Waals surface area contributed by atoms with Gasteiger partial charge >= 0.3 is 0 Å². The number of hydrogen-bond donors (Lipinski definition) is 0. The highest BCUT2D eigenvalue weighted by Crippen LogP contribution is 2.33. The molecule has 2 aromatic carbocycles. The molecule has 1 aliphatic rings. The summed E-state index contributed by atoms with van der Waals surface area (Å²) in [4.78, 5) is 14.8. The molecule has 0 aliphatic carbocycles. The lowest BCUT2D eigenvalue weighted by atomic mass is 10.0. The van der Waals surface area contributed by atoms with E-state index in [4.69, 9.17) is 4.74 Å². The van der Waals surface area contributed by atoms with Gasteiger partial charge in [-0.15, -0.1) is 0 Å². The number of carbonyl (C=O) groups is 1. The van der Waals surface area contributed by atoms with Gasteiger partial charge in [0, 0.05) is 24.4 Å². The Labute approximate surface area is 177 Å². The Morgan fingerprint density at radius 3 is 2.73 bits per heavy atom. The van der Waals surface area contributed by atoms with Crippen LogP contribution in [0.25, 0.3) is 6.08 Å². The number of aromatic nitrogens is 2. The fourth-order valence-electron chi connectivity index (χ4n) is 3.92. The van der Waals surface area contributed by atoms with Crippen LogP contribution in [-0.2, 0) is 11.3 Å². The summed E-state index contributed by atoms with van der Waals surface area (Å²) < 4.78 is 7.41. The maximum absolute atomic E-state index is 12.9. The van der Waals surface area contributed by atoms with Crippen molar-refractivity contribution in [3.63, 3.8) is 0 Å². The van der Waals surface area contributed by atoms with E-state index in [1.165, 1.54) is 5.56 Å². The van der Waals surface area contributed by atoms with Crippen LogP contribution >= 0.6 is 0 Å². The van der Waals surface area contributed by atoms with Gasteiger partial charge in [0.05, 0.1) is 25.4 Å². The molecule has 4 rings (SSSR count). The number of ether oxygens (including phenoxy) is 1. The standard InChI is InChI=1S/C25H27N3O2/c1-2-30-23-13-11-22(12-14-23)24-9-6-16-28(24)25(29)15-10-21-17-26-27(19-21)18-20-7-4-3-5-8-20/h3-5,7-8,10-15,17,19,24H,2,6,9,16,18H2,1H3. The average Bonchev–Trinajstić information content (AvgIpc) is 3.43. The minimum absolute atomic E-state index is 0.0437. The van der Waals surface area contributed by atoms with Crippen LogP contribution < -0.4 is 4.74 Å². The molecule has 5 nitrogen and oxygen atoms in total. The van der Waals surface area contributed by atoms with Crippen LogP contribution in [0.5, 0.6) is 5.75 Å². The number of benzene rings is 2. The van der Waals surface area contributed by atoms with Crippen molar-refractivity contribution in [2.75, 3.05) is 13.2 Å². The fourth-order valence-corrected chi connectivity index (χ4v) is 3.92. The van der Waals surface area contributed by atoms with E-state index < -0.39 is 0 Å². The van der Waals surface area contributed by atoms with Crippen molar-refractivity contribution in [1.82, 2.24) is 14.7 Å². The van der Waals surface area contributed by atoms with E-state index in [2.05, 4.69) is 29.4 Å². The second-order valence-corrected chi connectivity index (χ2v) is 7.48. The Hall–Kier alpha value is -3.34. The van der Waals surface area contributed by atoms with E-state index in [9.17, 15) is 4.79 Å². The summed E-state index contributed by atoms with van der Waals surface area (Å²) in [7, 11) is 0. The molecule has 30 heavy (non-hydrogen) atoms. The van der Waals surface area contributed by atoms with Crippen LogP contribution in [0.3, 0.4) is 0 Å². The van der Waals surface area contributed by atoms with Crippen LogP contribution in [0.2, 0.25) is 0 Å². The molecule has 0 radical (unpaired) electrons. The number of carbonyl (C=O) groups excluding carboxylic acids is 1. The largest absolute Gasteiger partial charge is 0.494 e. The zero-order chi connectivity index (χ0) is 20.8. The molecular weight excluding hydrogens is 374 g/mol. The predicted octanol–water partition coefficient (Wildman–Crippen LogP) is 4.71. The average molecular weight is 402 g/mol. The number of nitrogens with zero attached hydrogens (tertiary/aromatic N) is 3. The summed E-state index contributed by atoms with van der Waals surface area (Å²) in [6.45, 7) is 4.13. The SMILES string of the molecule is CCOc1ccc(C2CCCN2C(=O)C=Cc2cnn(Cc3ccccc3)c2)cc1. The van der Waals surface area contributed by atoms with Gasteiger partial charge in [-0.25, -0.2) is 0 Å². The van der Waals surface area contributed by atoms with Crippen LogP contribution in [-0.4, -0.2) is 33.7 Å². The van der Waals surface area contributed by atoms with Gasteiger partial charge in [0.25, 0.3) is 0 Å². The Morgan fingerprint density at radius 2 is 1.97 bits per heavy atom. The van der Waals surface area contributed by atoms with Gasteiger partial charge in [0.15, 0.2) is 0 Å². The van der Waals surface area contributed by atoms with E-state index >= 15 is 0 Å². The van der Waals surface area contributed by atoms with Gasteiger partial charge in [0.2, 0.25) is 5.91 Å². The smallest absolute Gasteiger partial charge is 0.247 e. The van der Waals surface area contributed by atoms with Crippen molar-refractivity contribution in [1.29, 1.82) is 0 Å². The van der Waals surface area contributed by atoms with Gasteiger partial charge in [0.1, 0.15) is 5.75 Å². The van der Waals surface area contributed by atoms with E-state index in [1.54, 1.807) is 12.3 Å². The third-order valence-corrected chi connectivity index (χ3v) is 5.37. The molecule has 2 heterocycles. The Morgan fingerprint density at radius 1 is 1.17 bits per heavy atom. The lowest BCUT2D eigenvalue weighted by Crippen LogP contribution is -2.28. The van der Waals surface area contributed by atoms with Crippen LogP contribution in [0.15, 0.2) is 73.1 Å². The summed E-state index contributed by atoms with van der Waals surface area (Å²) in [6.07, 6.45) is 9.28. The highest BCUT2D eigenvalue weighted by molar-refractivity contribution is 5.92. The molecule has 0 N–H and O–H groups in total. The maximum atomic E-state index is 12.9. The third-order valence-electron chi connectivity index (χ3n) is 5.37. The normalized spacial score (nSPS) is 16.3. The number of rotatable bonds is 7. The van der Waals surface area contributed by atoms with Crippen molar-refractivity contribution in [3.05, 3.63) is 89.8 Å². The quantitative estimate of drug-likeness (QED) is 0.539. The van der Waals surface area contributed by atoms with Crippen molar-refractivity contribution < 1.29 is 9.53 Å². The molecular formula is C25H27N3O2. The predicted molar refractivity (Wildman–Crippen MR) is 118 cm³/mol. The Balaban J connectivity index is 1.39. The topological polar surface area (TPSA) is 47.4 Å². The number of likely N-dealkylation sites (tertiary alicyclic amines) is 1. The van der Waals surface area contributed by atoms with E-state index in [1.807, 2.05) is 59.1 Å². The molecule has 1 aromatic heterocycles. The first-order valence-corrected chi connectivity index (χ1v) is 10.5. The molecule has 1 unspecified atom stereocenters. The number of hydrogen-bond acceptors (Lipinski definition) is 3.